The van der Waals surface area contributed by atoms with Crippen LogP contribution in [-0.2, 0) is 4.79 Å². The Balaban J connectivity index is 2.37. The summed E-state index contributed by atoms with van der Waals surface area (Å²) in [4.78, 5) is 14.9. The minimum absolute atomic E-state index is 0.0357. The molecule has 4 heteroatoms. The summed E-state index contributed by atoms with van der Waals surface area (Å²) in [6.45, 7) is 8.42. The third-order valence-corrected chi connectivity index (χ3v) is 5.04. The first kappa shape index (κ1) is 14.5. The minimum Gasteiger partial charge on any atom is -0.318 e. The second kappa shape index (κ2) is 5.63. The molecular weight excluding hydrogens is 256 g/mol. The van der Waals surface area contributed by atoms with Gasteiger partial charge in [-0.15, -0.1) is 0 Å². The summed E-state index contributed by atoms with van der Waals surface area (Å²) in [5.41, 5.74) is 0.789. The first-order valence-corrected chi connectivity index (χ1v) is 8.14. The molecule has 3 nitrogen and oxygen atoms in total. The smallest absolute Gasteiger partial charge is 0.244 e. The lowest BCUT2D eigenvalue weighted by Gasteiger charge is -2.31. The second-order valence-electron chi connectivity index (χ2n) is 5.47. The van der Waals surface area contributed by atoms with E-state index in [1.807, 2.05) is 6.92 Å². The van der Waals surface area contributed by atoms with E-state index in [0.717, 1.165) is 19.3 Å². The predicted octanol–water partition coefficient (Wildman–Crippen LogP) is 3.54. The molecule has 2 rings (SSSR count). The van der Waals surface area contributed by atoms with Crippen molar-refractivity contribution in [2.24, 2.45) is 0 Å². The van der Waals surface area contributed by atoms with Gasteiger partial charge in [-0.25, -0.2) is 0 Å². The third-order valence-electron chi connectivity index (χ3n) is 4.34. The summed E-state index contributed by atoms with van der Waals surface area (Å²) >= 11 is 1.69. The molecule has 0 bridgehead atoms. The topological polar surface area (TPSA) is 32.3 Å². The maximum atomic E-state index is 12.8. The van der Waals surface area contributed by atoms with Crippen molar-refractivity contribution in [3.63, 3.8) is 0 Å². The Morgan fingerprint density at radius 2 is 2.11 bits per heavy atom. The normalized spacial score (nSPS) is 27.5. The molecule has 1 N–H and O–H groups in total. The van der Waals surface area contributed by atoms with Crippen LogP contribution in [0.25, 0.3) is 0 Å². The standard InChI is InChI=1S/C15H24N2OS/c1-5-12(6-2)17-13(11-8-9-19-10-11)16-15(4,7-3)14(17)18/h8-10,12-13,16H,5-7H2,1-4H3. The number of hydrogen-bond donors (Lipinski definition) is 1. The molecule has 0 aliphatic carbocycles. The van der Waals surface area contributed by atoms with Crippen LogP contribution in [0.15, 0.2) is 16.8 Å². The van der Waals surface area contributed by atoms with E-state index in [-0.39, 0.29) is 12.1 Å². The van der Waals surface area contributed by atoms with Crippen molar-refractivity contribution < 1.29 is 4.79 Å². The van der Waals surface area contributed by atoms with Gasteiger partial charge in [0.15, 0.2) is 0 Å². The number of amides is 1. The summed E-state index contributed by atoms with van der Waals surface area (Å²) in [5.74, 6) is 0.250. The Morgan fingerprint density at radius 3 is 2.58 bits per heavy atom. The molecule has 1 aromatic rings. The van der Waals surface area contributed by atoms with Gasteiger partial charge in [-0.05, 0) is 48.6 Å². The zero-order chi connectivity index (χ0) is 14.0. The molecular formula is C15H24N2OS. The zero-order valence-corrected chi connectivity index (χ0v) is 13.1. The van der Waals surface area contributed by atoms with E-state index >= 15 is 0 Å². The van der Waals surface area contributed by atoms with Crippen molar-refractivity contribution in [3.05, 3.63) is 22.4 Å². The van der Waals surface area contributed by atoms with Crippen LogP contribution in [0.1, 0.15) is 58.7 Å². The number of nitrogens with zero attached hydrogens (tertiary/aromatic N) is 1. The van der Waals surface area contributed by atoms with E-state index in [1.54, 1.807) is 11.3 Å². The Bertz CT molecular complexity index is 427. The Morgan fingerprint density at radius 1 is 1.42 bits per heavy atom. The van der Waals surface area contributed by atoms with Crippen LogP contribution in [0.5, 0.6) is 0 Å². The van der Waals surface area contributed by atoms with Crippen LogP contribution in [0.3, 0.4) is 0 Å². The SMILES string of the molecule is CCC(CC)N1C(=O)C(C)(CC)NC1c1ccsc1. The van der Waals surface area contributed by atoms with Gasteiger partial charge in [-0.3, -0.25) is 10.1 Å². The van der Waals surface area contributed by atoms with E-state index in [4.69, 9.17) is 0 Å². The van der Waals surface area contributed by atoms with E-state index in [2.05, 4.69) is 47.8 Å². The van der Waals surface area contributed by atoms with Crippen molar-refractivity contribution in [1.29, 1.82) is 0 Å². The predicted molar refractivity (Wildman–Crippen MR) is 80.1 cm³/mol. The van der Waals surface area contributed by atoms with E-state index in [1.165, 1.54) is 5.56 Å². The number of carbonyl (C=O) groups excluding carboxylic acids is 1. The molecule has 0 saturated carbocycles. The summed E-state index contributed by atoms with van der Waals surface area (Å²) in [6, 6.07) is 2.44. The number of thiophene rings is 1. The molecule has 1 aromatic heterocycles. The molecule has 1 saturated heterocycles. The van der Waals surface area contributed by atoms with Crippen LogP contribution in [-0.4, -0.2) is 22.4 Å². The highest BCUT2D eigenvalue weighted by Crippen LogP contribution is 2.36. The van der Waals surface area contributed by atoms with Gasteiger partial charge in [-0.2, -0.15) is 11.3 Å². The number of hydrogen-bond acceptors (Lipinski definition) is 3. The number of carbonyl (C=O) groups is 1. The molecule has 1 amide bonds. The monoisotopic (exact) mass is 280 g/mol. The molecule has 2 unspecified atom stereocenters. The van der Waals surface area contributed by atoms with Crippen LogP contribution < -0.4 is 5.32 Å². The fraction of sp³-hybridized carbons (Fsp3) is 0.667. The lowest BCUT2D eigenvalue weighted by molar-refractivity contribution is -0.135. The van der Waals surface area contributed by atoms with E-state index in [9.17, 15) is 4.79 Å². The van der Waals surface area contributed by atoms with Gasteiger partial charge in [0.1, 0.15) is 6.17 Å². The Kier molecular flexibility index (Phi) is 4.31. The first-order chi connectivity index (χ1) is 9.07. The molecule has 0 radical (unpaired) electrons. The highest BCUT2D eigenvalue weighted by Gasteiger charge is 2.49. The van der Waals surface area contributed by atoms with E-state index in [0.29, 0.717) is 6.04 Å². The Labute approximate surface area is 120 Å². The summed E-state index contributed by atoms with van der Waals surface area (Å²) in [7, 11) is 0. The first-order valence-electron chi connectivity index (χ1n) is 7.19. The summed E-state index contributed by atoms with van der Waals surface area (Å²) in [5, 5.41) is 7.77. The number of rotatable bonds is 5. The molecule has 0 spiro atoms. The number of nitrogens with one attached hydrogen (secondary N) is 1. The summed E-state index contributed by atoms with van der Waals surface area (Å²) in [6.07, 6.45) is 2.87. The van der Waals surface area contributed by atoms with Crippen LogP contribution in [0.4, 0.5) is 0 Å². The molecule has 0 aromatic carbocycles. The van der Waals surface area contributed by atoms with Crippen molar-refractivity contribution in [2.45, 2.75) is 64.7 Å². The zero-order valence-electron chi connectivity index (χ0n) is 12.3. The lowest BCUT2D eigenvalue weighted by Crippen LogP contribution is -2.44. The average Bonchev–Trinajstić information content (AvgIpc) is 3.02. The van der Waals surface area contributed by atoms with Gasteiger partial charge >= 0.3 is 0 Å². The van der Waals surface area contributed by atoms with Gasteiger partial charge in [0.2, 0.25) is 5.91 Å². The third kappa shape index (κ3) is 2.43. The average molecular weight is 280 g/mol. The van der Waals surface area contributed by atoms with Crippen molar-refractivity contribution >= 4 is 17.2 Å². The Hall–Kier alpha value is -0.870. The maximum absolute atomic E-state index is 12.8. The minimum atomic E-state index is -0.421. The molecule has 2 atom stereocenters. The highest BCUT2D eigenvalue weighted by atomic mass is 32.1. The molecule has 19 heavy (non-hydrogen) atoms. The molecule has 2 heterocycles. The summed E-state index contributed by atoms with van der Waals surface area (Å²) < 4.78 is 0. The second-order valence-corrected chi connectivity index (χ2v) is 6.25. The van der Waals surface area contributed by atoms with Crippen LogP contribution in [0.2, 0.25) is 0 Å². The van der Waals surface area contributed by atoms with Crippen LogP contribution >= 0.6 is 11.3 Å². The fourth-order valence-corrected chi connectivity index (χ4v) is 3.50. The molecule has 1 aliphatic heterocycles. The van der Waals surface area contributed by atoms with Crippen molar-refractivity contribution in [2.75, 3.05) is 0 Å². The van der Waals surface area contributed by atoms with Crippen molar-refractivity contribution in [3.8, 4) is 0 Å². The van der Waals surface area contributed by atoms with Gasteiger partial charge in [-0.1, -0.05) is 20.8 Å². The van der Waals surface area contributed by atoms with E-state index < -0.39 is 5.54 Å². The van der Waals surface area contributed by atoms with Gasteiger partial charge in [0, 0.05) is 6.04 Å². The molecule has 106 valence electrons. The molecule has 1 aliphatic rings. The van der Waals surface area contributed by atoms with Gasteiger partial charge < -0.3 is 4.90 Å². The van der Waals surface area contributed by atoms with Gasteiger partial charge in [0.25, 0.3) is 0 Å². The van der Waals surface area contributed by atoms with Gasteiger partial charge in [0.05, 0.1) is 5.54 Å². The fourth-order valence-electron chi connectivity index (χ4n) is 2.82. The largest absolute Gasteiger partial charge is 0.318 e. The lowest BCUT2D eigenvalue weighted by atomic mass is 9.98. The molecule has 1 fully saturated rings. The van der Waals surface area contributed by atoms with Crippen LogP contribution in [0, 0.1) is 0 Å². The highest BCUT2D eigenvalue weighted by molar-refractivity contribution is 7.07. The maximum Gasteiger partial charge on any atom is 0.244 e. The van der Waals surface area contributed by atoms with Crippen molar-refractivity contribution in [1.82, 2.24) is 10.2 Å². The quantitative estimate of drug-likeness (QED) is 0.895.